The molecule has 1 amide bonds. The highest BCUT2D eigenvalue weighted by Gasteiger charge is 2.36. The van der Waals surface area contributed by atoms with Gasteiger partial charge in [-0.3, -0.25) is 9.59 Å². The van der Waals surface area contributed by atoms with Gasteiger partial charge in [-0.25, -0.2) is 0 Å². The lowest BCUT2D eigenvalue weighted by Gasteiger charge is -2.35. The van der Waals surface area contributed by atoms with Crippen molar-refractivity contribution < 1.29 is 19.4 Å². The molecule has 2 aromatic rings. The van der Waals surface area contributed by atoms with E-state index in [0.717, 1.165) is 48.3 Å². The van der Waals surface area contributed by atoms with Crippen LogP contribution in [0.15, 0.2) is 53.5 Å². The predicted molar refractivity (Wildman–Crippen MR) is 119 cm³/mol. The van der Waals surface area contributed by atoms with Gasteiger partial charge in [0.05, 0.1) is 19.1 Å². The quantitative estimate of drug-likeness (QED) is 0.742. The molecule has 162 valence electrons. The number of esters is 1. The monoisotopic (exact) mass is 420 g/mol. The first-order valence-corrected chi connectivity index (χ1v) is 11.0. The summed E-state index contributed by atoms with van der Waals surface area (Å²) in [5.74, 6) is 0.307. The number of fused-ring (bicyclic) bond motifs is 1. The summed E-state index contributed by atoms with van der Waals surface area (Å²) in [6.45, 7) is 2.20. The minimum absolute atomic E-state index is 0.0356. The maximum absolute atomic E-state index is 12.8. The number of anilines is 1. The Bertz CT molecular complexity index is 978. The first-order chi connectivity index (χ1) is 15.1. The zero-order chi connectivity index (χ0) is 21.8. The number of nitrogens with zero attached hydrogens (tertiary/aromatic N) is 2. The number of aliphatic hydroxyl groups excluding tert-OH is 1. The van der Waals surface area contributed by atoms with Crippen molar-refractivity contribution in [3.63, 3.8) is 0 Å². The van der Waals surface area contributed by atoms with Crippen molar-refractivity contribution in [2.24, 2.45) is 10.9 Å². The largest absolute Gasteiger partial charge is 0.466 e. The molecule has 4 rings (SSSR count). The van der Waals surface area contributed by atoms with Crippen LogP contribution in [0.3, 0.4) is 0 Å². The van der Waals surface area contributed by atoms with Gasteiger partial charge in [0.2, 0.25) is 0 Å². The molecule has 1 aliphatic heterocycles. The lowest BCUT2D eigenvalue weighted by atomic mass is 9.85. The van der Waals surface area contributed by atoms with E-state index in [2.05, 4.69) is 9.89 Å². The highest BCUT2D eigenvalue weighted by molar-refractivity contribution is 6.12. The number of amidine groups is 1. The summed E-state index contributed by atoms with van der Waals surface area (Å²) in [5.41, 5.74) is 3.50. The third-order valence-corrected chi connectivity index (χ3v) is 6.15. The first kappa shape index (κ1) is 21.2. The Morgan fingerprint density at radius 2 is 1.84 bits per heavy atom. The molecule has 1 heterocycles. The van der Waals surface area contributed by atoms with E-state index >= 15 is 0 Å². The van der Waals surface area contributed by atoms with Gasteiger partial charge in [-0.15, -0.1) is 0 Å². The average molecular weight is 421 g/mol. The van der Waals surface area contributed by atoms with Crippen LogP contribution >= 0.6 is 0 Å². The molecule has 0 spiro atoms. The van der Waals surface area contributed by atoms with E-state index in [9.17, 15) is 14.7 Å². The van der Waals surface area contributed by atoms with Crippen LogP contribution in [-0.2, 0) is 22.6 Å². The van der Waals surface area contributed by atoms with Crippen LogP contribution in [0.1, 0.15) is 54.1 Å². The van der Waals surface area contributed by atoms with E-state index in [1.807, 2.05) is 43.3 Å². The van der Waals surface area contributed by atoms with Gasteiger partial charge in [0.25, 0.3) is 5.91 Å². The zero-order valence-electron chi connectivity index (χ0n) is 17.8. The molecule has 2 aliphatic rings. The molecule has 0 bridgehead atoms. The van der Waals surface area contributed by atoms with Crippen LogP contribution in [0.2, 0.25) is 0 Å². The van der Waals surface area contributed by atoms with Crippen LogP contribution in [0.4, 0.5) is 5.69 Å². The Hall–Kier alpha value is -2.99. The van der Waals surface area contributed by atoms with Crippen molar-refractivity contribution in [3.05, 3.63) is 65.2 Å². The minimum Gasteiger partial charge on any atom is -0.466 e. The number of carbonyl (C=O) groups is 2. The predicted octanol–water partition coefficient (Wildman–Crippen LogP) is 3.90. The molecule has 1 saturated carbocycles. The van der Waals surface area contributed by atoms with Gasteiger partial charge in [0, 0.05) is 23.7 Å². The summed E-state index contributed by atoms with van der Waals surface area (Å²) in [6, 6.07) is 15.1. The standard InChI is InChI=1S/C25H28N2O4/c1-2-31-25(30)19-10-12-21(13-11-19)27-22-14-17(16-28)8-9-20(22)15-23(27)26-24(29)18-6-4-3-5-7-18/h3-9,14,19,21,28H,2,10-13,15-16H2,1H3. The van der Waals surface area contributed by atoms with Gasteiger partial charge in [-0.2, -0.15) is 4.99 Å². The molecule has 0 saturated heterocycles. The second-order valence-electron chi connectivity index (χ2n) is 8.12. The number of carbonyl (C=O) groups excluding carboxylic acids is 2. The molecule has 1 aliphatic carbocycles. The molecule has 6 heteroatoms. The number of ether oxygens (including phenoxy) is 1. The summed E-state index contributed by atoms with van der Waals surface area (Å²) in [7, 11) is 0. The Kier molecular flexibility index (Phi) is 6.47. The van der Waals surface area contributed by atoms with Gasteiger partial charge in [0.15, 0.2) is 0 Å². The molecule has 0 aromatic heterocycles. The molecule has 31 heavy (non-hydrogen) atoms. The Morgan fingerprint density at radius 3 is 2.52 bits per heavy atom. The number of hydrogen-bond donors (Lipinski definition) is 1. The van der Waals surface area contributed by atoms with Crippen LogP contribution in [0, 0.1) is 5.92 Å². The Balaban J connectivity index is 1.61. The van der Waals surface area contributed by atoms with Gasteiger partial charge >= 0.3 is 5.97 Å². The van der Waals surface area contributed by atoms with Crippen molar-refractivity contribution in [1.29, 1.82) is 0 Å². The molecule has 2 aromatic carbocycles. The number of hydrogen-bond acceptors (Lipinski definition) is 4. The fraction of sp³-hybridized carbons (Fsp3) is 0.400. The molecule has 0 unspecified atom stereocenters. The van der Waals surface area contributed by atoms with Gasteiger partial charge in [-0.05, 0) is 61.9 Å². The van der Waals surface area contributed by atoms with E-state index in [-0.39, 0.29) is 30.4 Å². The fourth-order valence-corrected chi connectivity index (χ4v) is 4.57. The highest BCUT2D eigenvalue weighted by atomic mass is 16.5. The third kappa shape index (κ3) is 4.54. The van der Waals surface area contributed by atoms with E-state index in [4.69, 9.17) is 4.74 Å². The summed E-state index contributed by atoms with van der Waals surface area (Å²) in [4.78, 5) is 31.6. The molecule has 0 atom stereocenters. The van der Waals surface area contributed by atoms with Gasteiger partial charge < -0.3 is 14.7 Å². The zero-order valence-corrected chi connectivity index (χ0v) is 17.8. The highest BCUT2D eigenvalue weighted by Crippen LogP contribution is 2.38. The fourth-order valence-electron chi connectivity index (χ4n) is 4.57. The number of aliphatic imine (C=N–C) groups is 1. The van der Waals surface area contributed by atoms with Crippen LogP contribution in [-0.4, -0.2) is 35.5 Å². The maximum atomic E-state index is 12.8. The van der Waals surface area contributed by atoms with E-state index in [1.165, 1.54) is 0 Å². The van der Waals surface area contributed by atoms with E-state index < -0.39 is 0 Å². The number of amides is 1. The lowest BCUT2D eigenvalue weighted by Crippen LogP contribution is -2.42. The van der Waals surface area contributed by atoms with Crippen molar-refractivity contribution in [3.8, 4) is 0 Å². The molecule has 1 N–H and O–H groups in total. The van der Waals surface area contributed by atoms with Crippen molar-refractivity contribution in [1.82, 2.24) is 0 Å². The topological polar surface area (TPSA) is 79.2 Å². The molecular formula is C25H28N2O4. The first-order valence-electron chi connectivity index (χ1n) is 11.0. The van der Waals surface area contributed by atoms with Crippen LogP contribution in [0.25, 0.3) is 0 Å². The smallest absolute Gasteiger partial charge is 0.308 e. The lowest BCUT2D eigenvalue weighted by molar-refractivity contribution is -0.149. The summed E-state index contributed by atoms with van der Waals surface area (Å²) in [5, 5.41) is 9.62. The van der Waals surface area contributed by atoms with Crippen molar-refractivity contribution >= 4 is 23.4 Å². The average Bonchev–Trinajstić information content (AvgIpc) is 3.16. The summed E-state index contributed by atoms with van der Waals surface area (Å²) < 4.78 is 5.20. The number of benzene rings is 2. The van der Waals surface area contributed by atoms with Crippen molar-refractivity contribution in [2.45, 2.75) is 51.7 Å². The van der Waals surface area contributed by atoms with E-state index in [1.54, 1.807) is 12.1 Å². The molecule has 0 radical (unpaired) electrons. The minimum atomic E-state index is -0.254. The third-order valence-electron chi connectivity index (χ3n) is 6.15. The Labute approximate surface area is 182 Å². The number of aliphatic hydroxyl groups is 1. The Morgan fingerprint density at radius 1 is 1.10 bits per heavy atom. The van der Waals surface area contributed by atoms with Gasteiger partial charge in [0.1, 0.15) is 5.84 Å². The summed E-state index contributed by atoms with van der Waals surface area (Å²) >= 11 is 0. The molecule has 6 nitrogen and oxygen atoms in total. The SMILES string of the molecule is CCOC(=O)C1CCC(N2C(=NC(=O)c3ccccc3)Cc3ccc(CO)cc32)CC1. The van der Waals surface area contributed by atoms with E-state index in [0.29, 0.717) is 18.6 Å². The molecular weight excluding hydrogens is 392 g/mol. The molecule has 1 fully saturated rings. The van der Waals surface area contributed by atoms with Crippen LogP contribution in [0.5, 0.6) is 0 Å². The summed E-state index contributed by atoms with van der Waals surface area (Å²) in [6.07, 6.45) is 3.75. The van der Waals surface area contributed by atoms with Crippen LogP contribution < -0.4 is 4.90 Å². The number of rotatable bonds is 5. The second-order valence-corrected chi connectivity index (χ2v) is 8.12. The second kappa shape index (κ2) is 9.43. The maximum Gasteiger partial charge on any atom is 0.308 e. The van der Waals surface area contributed by atoms with Gasteiger partial charge in [-0.1, -0.05) is 30.3 Å². The normalized spacial score (nSPS) is 21.7. The van der Waals surface area contributed by atoms with Crippen molar-refractivity contribution in [2.75, 3.05) is 11.5 Å².